The molecule has 5 heteroatoms. The number of benzene rings is 1. The van der Waals surface area contributed by atoms with Crippen LogP contribution in [0.3, 0.4) is 0 Å². The molecule has 0 spiro atoms. The van der Waals surface area contributed by atoms with Crippen LogP contribution >= 0.6 is 0 Å². The average Bonchev–Trinajstić information content (AvgIpc) is 2.60. The molecule has 0 aromatic heterocycles. The highest BCUT2D eigenvalue weighted by atomic mass is 16.2. The molecule has 0 aliphatic carbocycles. The lowest BCUT2D eigenvalue weighted by Gasteiger charge is -2.35. The van der Waals surface area contributed by atoms with Crippen molar-refractivity contribution in [2.45, 2.75) is 39.2 Å². The van der Waals surface area contributed by atoms with Crippen LogP contribution < -0.4 is 5.32 Å². The van der Waals surface area contributed by atoms with E-state index in [0.29, 0.717) is 13.1 Å². The number of nitrogens with one attached hydrogen (secondary N) is 1. The van der Waals surface area contributed by atoms with Crippen LogP contribution in [0.25, 0.3) is 5.57 Å². The first-order valence-corrected chi connectivity index (χ1v) is 9.16. The summed E-state index contributed by atoms with van der Waals surface area (Å²) in [6.45, 7) is 11.2. The standard InChI is InChI=1S/C21H31N3O2/c1-15(2)17-8-7-9-18(14-17)21(3,4)22-20(26)24-12-10-16(11-13-24)19(25)23(5)6/h7-9,14,16H,1,10-13H2,2-6H3,(H,22,26). The first kappa shape index (κ1) is 20.0. The van der Waals surface area contributed by atoms with Gasteiger partial charge in [0, 0.05) is 33.1 Å². The highest BCUT2D eigenvalue weighted by Crippen LogP contribution is 2.25. The fourth-order valence-electron chi connectivity index (χ4n) is 3.29. The lowest BCUT2D eigenvalue weighted by molar-refractivity contribution is -0.134. The Balaban J connectivity index is 2.00. The Hall–Kier alpha value is -2.30. The van der Waals surface area contributed by atoms with Crippen molar-refractivity contribution in [2.24, 2.45) is 5.92 Å². The lowest BCUT2D eigenvalue weighted by atomic mass is 9.91. The Kier molecular flexibility index (Phi) is 6.11. The van der Waals surface area contributed by atoms with Crippen molar-refractivity contribution in [3.63, 3.8) is 0 Å². The molecule has 26 heavy (non-hydrogen) atoms. The summed E-state index contributed by atoms with van der Waals surface area (Å²) in [7, 11) is 3.56. The number of likely N-dealkylation sites (tertiary alicyclic amines) is 1. The van der Waals surface area contributed by atoms with E-state index in [0.717, 1.165) is 29.5 Å². The molecule has 0 bridgehead atoms. The van der Waals surface area contributed by atoms with E-state index in [2.05, 4.69) is 18.0 Å². The minimum absolute atomic E-state index is 0.0225. The van der Waals surface area contributed by atoms with E-state index in [1.807, 2.05) is 43.9 Å². The molecule has 1 aliphatic heterocycles. The Labute approximate surface area is 157 Å². The Morgan fingerprint density at radius 2 is 1.85 bits per heavy atom. The zero-order chi connectivity index (χ0) is 19.5. The molecule has 2 rings (SSSR count). The predicted molar refractivity (Wildman–Crippen MR) is 106 cm³/mol. The maximum Gasteiger partial charge on any atom is 0.318 e. The second-order valence-electron chi connectivity index (χ2n) is 7.91. The minimum Gasteiger partial charge on any atom is -0.349 e. The van der Waals surface area contributed by atoms with Crippen LogP contribution in [0.5, 0.6) is 0 Å². The summed E-state index contributed by atoms with van der Waals surface area (Å²) in [5.74, 6) is 0.177. The molecule has 0 radical (unpaired) electrons. The molecular weight excluding hydrogens is 326 g/mol. The van der Waals surface area contributed by atoms with Gasteiger partial charge in [-0.15, -0.1) is 0 Å². The van der Waals surface area contributed by atoms with Crippen LogP contribution in [0.4, 0.5) is 4.79 Å². The average molecular weight is 357 g/mol. The minimum atomic E-state index is -0.487. The van der Waals surface area contributed by atoms with E-state index in [4.69, 9.17) is 0 Å². The summed E-state index contributed by atoms with van der Waals surface area (Å²) < 4.78 is 0. The van der Waals surface area contributed by atoms with Crippen LogP contribution in [0.2, 0.25) is 0 Å². The van der Waals surface area contributed by atoms with Crippen molar-refractivity contribution in [3.05, 3.63) is 42.0 Å². The zero-order valence-corrected chi connectivity index (χ0v) is 16.6. The van der Waals surface area contributed by atoms with Crippen molar-refractivity contribution in [1.82, 2.24) is 15.1 Å². The number of hydrogen-bond donors (Lipinski definition) is 1. The van der Waals surface area contributed by atoms with Crippen LogP contribution in [0.15, 0.2) is 30.8 Å². The molecule has 1 aliphatic rings. The summed E-state index contributed by atoms with van der Waals surface area (Å²) >= 11 is 0. The fourth-order valence-corrected chi connectivity index (χ4v) is 3.29. The number of urea groups is 1. The summed E-state index contributed by atoms with van der Waals surface area (Å²) in [6, 6.07) is 8.03. The van der Waals surface area contributed by atoms with E-state index in [1.54, 1.807) is 19.0 Å². The molecule has 1 aromatic rings. The highest BCUT2D eigenvalue weighted by Gasteiger charge is 2.31. The van der Waals surface area contributed by atoms with Gasteiger partial charge in [0.25, 0.3) is 0 Å². The maximum absolute atomic E-state index is 12.7. The summed E-state index contributed by atoms with van der Waals surface area (Å²) in [5, 5.41) is 3.14. The summed E-state index contributed by atoms with van der Waals surface area (Å²) in [4.78, 5) is 28.2. The van der Waals surface area contributed by atoms with Gasteiger partial charge in [-0.3, -0.25) is 4.79 Å². The van der Waals surface area contributed by atoms with E-state index < -0.39 is 5.54 Å². The van der Waals surface area contributed by atoms with Crippen molar-refractivity contribution < 1.29 is 9.59 Å². The van der Waals surface area contributed by atoms with Gasteiger partial charge in [-0.05, 0) is 50.8 Å². The predicted octanol–water partition coefficient (Wildman–Crippen LogP) is 3.46. The molecule has 1 heterocycles. The van der Waals surface area contributed by atoms with Crippen LogP contribution in [0, 0.1) is 5.92 Å². The van der Waals surface area contributed by atoms with Crippen molar-refractivity contribution in [1.29, 1.82) is 0 Å². The summed E-state index contributed by atoms with van der Waals surface area (Å²) in [6.07, 6.45) is 1.44. The number of hydrogen-bond acceptors (Lipinski definition) is 2. The third kappa shape index (κ3) is 4.65. The largest absolute Gasteiger partial charge is 0.349 e. The first-order chi connectivity index (χ1) is 12.1. The number of carbonyl (C=O) groups excluding carboxylic acids is 2. The van der Waals surface area contributed by atoms with Gasteiger partial charge >= 0.3 is 6.03 Å². The summed E-state index contributed by atoms with van der Waals surface area (Å²) in [5.41, 5.74) is 2.64. The zero-order valence-electron chi connectivity index (χ0n) is 16.6. The number of rotatable bonds is 4. The normalized spacial score (nSPS) is 15.5. The number of nitrogens with zero attached hydrogens (tertiary/aromatic N) is 2. The molecule has 1 N–H and O–H groups in total. The number of carbonyl (C=O) groups is 2. The molecule has 1 fully saturated rings. The van der Waals surface area contributed by atoms with Crippen LogP contribution in [0.1, 0.15) is 44.7 Å². The fraction of sp³-hybridized carbons (Fsp3) is 0.524. The smallest absolute Gasteiger partial charge is 0.318 e. The van der Waals surface area contributed by atoms with Crippen molar-refractivity contribution >= 4 is 17.5 Å². The highest BCUT2D eigenvalue weighted by molar-refractivity contribution is 5.79. The van der Waals surface area contributed by atoms with Crippen LogP contribution in [-0.4, -0.2) is 48.9 Å². The second-order valence-corrected chi connectivity index (χ2v) is 7.91. The van der Waals surface area contributed by atoms with E-state index in [-0.39, 0.29) is 17.9 Å². The maximum atomic E-state index is 12.7. The quantitative estimate of drug-likeness (QED) is 0.897. The van der Waals surface area contributed by atoms with Gasteiger partial charge in [0.15, 0.2) is 0 Å². The lowest BCUT2D eigenvalue weighted by Crippen LogP contribution is -2.51. The molecule has 1 saturated heterocycles. The van der Waals surface area contributed by atoms with E-state index in [1.165, 1.54) is 0 Å². The number of piperidine rings is 1. The molecule has 3 amide bonds. The van der Waals surface area contributed by atoms with Crippen LogP contribution in [-0.2, 0) is 10.3 Å². The Morgan fingerprint density at radius 3 is 2.38 bits per heavy atom. The molecular formula is C21H31N3O2. The topological polar surface area (TPSA) is 52.7 Å². The molecule has 0 saturated carbocycles. The third-order valence-corrected chi connectivity index (χ3v) is 5.07. The second kappa shape index (κ2) is 7.94. The Bertz CT molecular complexity index is 686. The van der Waals surface area contributed by atoms with Gasteiger partial charge in [0.05, 0.1) is 5.54 Å². The number of allylic oxidation sites excluding steroid dienone is 1. The molecule has 0 atom stereocenters. The first-order valence-electron chi connectivity index (χ1n) is 9.16. The van der Waals surface area contributed by atoms with E-state index in [9.17, 15) is 9.59 Å². The van der Waals surface area contributed by atoms with Gasteiger partial charge in [0.2, 0.25) is 5.91 Å². The van der Waals surface area contributed by atoms with Gasteiger partial charge < -0.3 is 15.1 Å². The van der Waals surface area contributed by atoms with Crippen molar-refractivity contribution in [3.8, 4) is 0 Å². The molecule has 1 aromatic carbocycles. The molecule has 5 nitrogen and oxygen atoms in total. The van der Waals surface area contributed by atoms with Gasteiger partial charge in [-0.1, -0.05) is 30.4 Å². The molecule has 142 valence electrons. The van der Waals surface area contributed by atoms with Gasteiger partial charge in [0.1, 0.15) is 0 Å². The number of amides is 3. The Morgan fingerprint density at radius 1 is 1.23 bits per heavy atom. The molecule has 0 unspecified atom stereocenters. The van der Waals surface area contributed by atoms with E-state index >= 15 is 0 Å². The monoisotopic (exact) mass is 357 g/mol. The van der Waals surface area contributed by atoms with Gasteiger partial charge in [-0.2, -0.15) is 0 Å². The SMILES string of the molecule is C=C(C)c1cccc(C(C)(C)NC(=O)N2CCC(C(=O)N(C)C)CC2)c1. The van der Waals surface area contributed by atoms with Crippen molar-refractivity contribution in [2.75, 3.05) is 27.2 Å². The third-order valence-electron chi connectivity index (χ3n) is 5.07. The van der Waals surface area contributed by atoms with Gasteiger partial charge in [-0.25, -0.2) is 4.79 Å².